The molecule has 1 aromatic rings. The van der Waals surface area contributed by atoms with Gasteiger partial charge in [-0.05, 0) is 36.5 Å². The van der Waals surface area contributed by atoms with Crippen LogP contribution in [0.3, 0.4) is 0 Å². The van der Waals surface area contributed by atoms with Gasteiger partial charge >= 0.3 is 0 Å². The van der Waals surface area contributed by atoms with Crippen molar-refractivity contribution in [1.29, 1.82) is 0 Å². The van der Waals surface area contributed by atoms with Crippen LogP contribution in [0.25, 0.3) is 0 Å². The molecule has 4 nitrogen and oxygen atoms in total. The molecule has 2 N–H and O–H groups in total. The van der Waals surface area contributed by atoms with E-state index in [1.807, 2.05) is 13.8 Å². The third-order valence-electron chi connectivity index (χ3n) is 3.26. The zero-order chi connectivity index (χ0) is 14.8. The number of sulfonamides is 1. The lowest BCUT2D eigenvalue weighted by molar-refractivity contribution is 0.551. The van der Waals surface area contributed by atoms with Gasteiger partial charge in [0, 0.05) is 19.1 Å². The van der Waals surface area contributed by atoms with Crippen molar-refractivity contribution in [3.63, 3.8) is 0 Å². The standard InChI is InChI=1S/C14H21FN2O2S/c1-10(2)16-8-12-5-6-13(15)14(7-12)20(18,19)17-9-11-3-4-11/h5-7,10-11,16-17H,3-4,8-9H2,1-2H3. The van der Waals surface area contributed by atoms with Crippen LogP contribution in [0.15, 0.2) is 23.1 Å². The minimum atomic E-state index is -3.76. The fraction of sp³-hybridized carbons (Fsp3) is 0.571. The Morgan fingerprint density at radius 1 is 1.35 bits per heavy atom. The Kier molecular flexibility index (Phi) is 4.78. The monoisotopic (exact) mass is 300 g/mol. The van der Waals surface area contributed by atoms with Gasteiger partial charge in [-0.1, -0.05) is 19.9 Å². The van der Waals surface area contributed by atoms with E-state index in [0.717, 1.165) is 18.4 Å². The largest absolute Gasteiger partial charge is 0.310 e. The van der Waals surface area contributed by atoms with Crippen molar-refractivity contribution in [3.05, 3.63) is 29.6 Å². The minimum Gasteiger partial charge on any atom is -0.310 e. The van der Waals surface area contributed by atoms with Gasteiger partial charge in [0.1, 0.15) is 10.7 Å². The molecular weight excluding hydrogens is 279 g/mol. The summed E-state index contributed by atoms with van der Waals surface area (Å²) in [5.41, 5.74) is 0.756. The van der Waals surface area contributed by atoms with Crippen molar-refractivity contribution in [2.45, 2.75) is 44.2 Å². The topological polar surface area (TPSA) is 58.2 Å². The molecule has 1 aromatic carbocycles. The lowest BCUT2D eigenvalue weighted by Crippen LogP contribution is -2.27. The first-order valence-electron chi connectivity index (χ1n) is 6.90. The van der Waals surface area contributed by atoms with Gasteiger partial charge in [0.15, 0.2) is 0 Å². The molecule has 0 aliphatic heterocycles. The summed E-state index contributed by atoms with van der Waals surface area (Å²) in [5.74, 6) is -0.291. The molecule has 0 atom stereocenters. The summed E-state index contributed by atoms with van der Waals surface area (Å²) < 4.78 is 40.5. The van der Waals surface area contributed by atoms with E-state index in [9.17, 15) is 12.8 Å². The van der Waals surface area contributed by atoms with Crippen LogP contribution in [0.4, 0.5) is 4.39 Å². The molecule has 0 saturated heterocycles. The van der Waals surface area contributed by atoms with E-state index in [2.05, 4.69) is 10.0 Å². The van der Waals surface area contributed by atoms with E-state index < -0.39 is 15.8 Å². The predicted octanol–water partition coefficient (Wildman–Crippen LogP) is 2.01. The molecule has 6 heteroatoms. The summed E-state index contributed by atoms with van der Waals surface area (Å²) in [4.78, 5) is -0.263. The zero-order valence-electron chi connectivity index (χ0n) is 11.8. The molecule has 0 radical (unpaired) electrons. The maximum absolute atomic E-state index is 13.8. The summed E-state index contributed by atoms with van der Waals surface area (Å²) in [6.07, 6.45) is 2.09. The number of halogens is 1. The van der Waals surface area contributed by atoms with Crippen LogP contribution < -0.4 is 10.0 Å². The Morgan fingerprint density at radius 2 is 2.05 bits per heavy atom. The average molecular weight is 300 g/mol. The summed E-state index contributed by atoms with van der Waals surface area (Å²) in [6, 6.07) is 4.50. The molecule has 0 unspecified atom stereocenters. The smallest absolute Gasteiger partial charge is 0.243 e. The summed E-state index contributed by atoms with van der Waals surface area (Å²) in [6.45, 7) is 4.91. The number of hydrogen-bond acceptors (Lipinski definition) is 3. The van der Waals surface area contributed by atoms with Gasteiger partial charge < -0.3 is 5.32 Å². The minimum absolute atomic E-state index is 0.263. The summed E-state index contributed by atoms with van der Waals surface area (Å²) in [5, 5.41) is 3.18. The number of nitrogens with one attached hydrogen (secondary N) is 2. The van der Waals surface area contributed by atoms with E-state index in [0.29, 0.717) is 19.0 Å². The van der Waals surface area contributed by atoms with Crippen molar-refractivity contribution in [3.8, 4) is 0 Å². The second-order valence-electron chi connectivity index (χ2n) is 5.60. The van der Waals surface area contributed by atoms with Crippen molar-refractivity contribution >= 4 is 10.0 Å². The molecule has 2 rings (SSSR count). The number of benzene rings is 1. The van der Waals surface area contributed by atoms with Gasteiger partial charge in [-0.15, -0.1) is 0 Å². The van der Waals surface area contributed by atoms with Crippen LogP contribution in [-0.2, 0) is 16.6 Å². The van der Waals surface area contributed by atoms with Gasteiger partial charge in [0.25, 0.3) is 0 Å². The van der Waals surface area contributed by atoms with Crippen LogP contribution in [0.2, 0.25) is 0 Å². The summed E-state index contributed by atoms with van der Waals surface area (Å²) in [7, 11) is -3.76. The fourth-order valence-electron chi connectivity index (χ4n) is 1.81. The highest BCUT2D eigenvalue weighted by Crippen LogP contribution is 2.28. The SMILES string of the molecule is CC(C)NCc1ccc(F)c(S(=O)(=O)NCC2CC2)c1. The van der Waals surface area contributed by atoms with Crippen molar-refractivity contribution in [2.75, 3.05) is 6.54 Å². The van der Waals surface area contributed by atoms with Gasteiger partial charge in [-0.25, -0.2) is 17.5 Å². The van der Waals surface area contributed by atoms with E-state index in [1.165, 1.54) is 12.1 Å². The molecule has 0 heterocycles. The van der Waals surface area contributed by atoms with E-state index in [1.54, 1.807) is 6.07 Å². The van der Waals surface area contributed by atoms with Crippen LogP contribution in [0, 0.1) is 11.7 Å². The molecule has 1 saturated carbocycles. The zero-order valence-corrected chi connectivity index (χ0v) is 12.6. The van der Waals surface area contributed by atoms with E-state index in [-0.39, 0.29) is 10.9 Å². The first kappa shape index (κ1) is 15.4. The maximum Gasteiger partial charge on any atom is 0.243 e. The van der Waals surface area contributed by atoms with Crippen LogP contribution in [0.5, 0.6) is 0 Å². The lowest BCUT2D eigenvalue weighted by atomic mass is 10.2. The molecule has 0 amide bonds. The van der Waals surface area contributed by atoms with Crippen molar-refractivity contribution in [2.24, 2.45) is 5.92 Å². The molecule has 20 heavy (non-hydrogen) atoms. The number of rotatable bonds is 7. The van der Waals surface area contributed by atoms with Crippen LogP contribution in [0.1, 0.15) is 32.3 Å². The third-order valence-corrected chi connectivity index (χ3v) is 4.70. The molecule has 0 bridgehead atoms. The van der Waals surface area contributed by atoms with Gasteiger partial charge in [0.2, 0.25) is 10.0 Å². The maximum atomic E-state index is 13.8. The van der Waals surface area contributed by atoms with Crippen LogP contribution in [-0.4, -0.2) is 21.0 Å². The van der Waals surface area contributed by atoms with Crippen molar-refractivity contribution in [1.82, 2.24) is 10.0 Å². The second-order valence-corrected chi connectivity index (χ2v) is 7.33. The van der Waals surface area contributed by atoms with E-state index >= 15 is 0 Å². The molecular formula is C14H21FN2O2S. The highest BCUT2D eigenvalue weighted by atomic mass is 32.2. The average Bonchev–Trinajstić information content (AvgIpc) is 3.19. The van der Waals surface area contributed by atoms with Gasteiger partial charge in [0.05, 0.1) is 0 Å². The molecule has 1 fully saturated rings. The first-order chi connectivity index (χ1) is 9.38. The first-order valence-corrected chi connectivity index (χ1v) is 8.38. The highest BCUT2D eigenvalue weighted by molar-refractivity contribution is 7.89. The third kappa shape index (κ3) is 4.26. The molecule has 1 aliphatic rings. The summed E-state index contributed by atoms with van der Waals surface area (Å²) >= 11 is 0. The van der Waals surface area contributed by atoms with E-state index in [4.69, 9.17) is 0 Å². The quantitative estimate of drug-likeness (QED) is 0.810. The van der Waals surface area contributed by atoms with Crippen LogP contribution >= 0.6 is 0 Å². The molecule has 0 spiro atoms. The number of hydrogen-bond donors (Lipinski definition) is 2. The molecule has 1 aliphatic carbocycles. The Balaban J connectivity index is 2.13. The van der Waals surface area contributed by atoms with Crippen molar-refractivity contribution < 1.29 is 12.8 Å². The Labute approximate surface area is 119 Å². The predicted molar refractivity (Wildman–Crippen MR) is 76.3 cm³/mol. The fourth-order valence-corrected chi connectivity index (χ4v) is 3.05. The second kappa shape index (κ2) is 6.20. The Bertz CT molecular complexity index is 569. The Morgan fingerprint density at radius 3 is 2.65 bits per heavy atom. The molecule has 112 valence electrons. The molecule has 0 aromatic heterocycles. The normalized spacial score (nSPS) is 15.8. The highest BCUT2D eigenvalue weighted by Gasteiger charge is 2.25. The Hall–Kier alpha value is -0.980. The van der Waals surface area contributed by atoms with Gasteiger partial charge in [-0.3, -0.25) is 0 Å². The lowest BCUT2D eigenvalue weighted by Gasteiger charge is -2.11. The van der Waals surface area contributed by atoms with Gasteiger partial charge in [-0.2, -0.15) is 0 Å².